The monoisotopic (exact) mass is 194 g/mol. The zero-order valence-corrected chi connectivity index (χ0v) is 7.11. The fraction of sp³-hybridized carbons (Fsp3) is 0.100. The van der Waals surface area contributed by atoms with E-state index >= 15 is 0 Å². The van der Waals surface area contributed by atoms with Crippen LogP contribution in [0.4, 0.5) is 4.39 Å². The minimum absolute atomic E-state index is 0.128. The molecule has 1 heterocycles. The molecule has 0 radical (unpaired) electrons. The predicted octanol–water partition coefficient (Wildman–Crippen LogP) is 1.87. The number of benzene rings is 1. The van der Waals surface area contributed by atoms with Gasteiger partial charge in [-0.15, -0.1) is 0 Å². The number of carbonyl (C=O) groups is 1. The zero-order chi connectivity index (χ0) is 10.1. The van der Waals surface area contributed by atoms with Gasteiger partial charge in [0.2, 0.25) is 0 Å². The molecule has 0 saturated heterocycles. The maximum absolute atomic E-state index is 13.2. The van der Waals surface area contributed by atoms with Crippen molar-refractivity contribution in [3.8, 4) is 0 Å². The second-order valence-corrected chi connectivity index (χ2v) is 2.93. The molecule has 0 bridgehead atoms. The standard InChI is InChI=1S/C10H7FO3/c11-7-4-2-1-3-6(7)9-8(12)5-14-10(9)13/h1-5,9,12H. The van der Waals surface area contributed by atoms with Crippen LogP contribution in [0.5, 0.6) is 0 Å². The van der Waals surface area contributed by atoms with E-state index in [1.807, 2.05) is 0 Å². The van der Waals surface area contributed by atoms with Gasteiger partial charge in [-0.3, -0.25) is 4.79 Å². The number of carbonyl (C=O) groups excluding carboxylic acids is 1. The third kappa shape index (κ3) is 1.25. The van der Waals surface area contributed by atoms with Crippen LogP contribution in [-0.2, 0) is 9.53 Å². The van der Waals surface area contributed by atoms with Crippen molar-refractivity contribution in [3.05, 3.63) is 47.7 Å². The van der Waals surface area contributed by atoms with Crippen LogP contribution in [0.1, 0.15) is 11.5 Å². The van der Waals surface area contributed by atoms with Crippen LogP contribution < -0.4 is 0 Å². The molecule has 72 valence electrons. The number of ether oxygens (including phenoxy) is 1. The van der Waals surface area contributed by atoms with E-state index in [4.69, 9.17) is 0 Å². The summed E-state index contributed by atoms with van der Waals surface area (Å²) in [6.45, 7) is 0. The lowest BCUT2D eigenvalue weighted by Crippen LogP contribution is -2.11. The van der Waals surface area contributed by atoms with Crippen molar-refractivity contribution in [2.45, 2.75) is 5.92 Å². The largest absolute Gasteiger partial charge is 0.508 e. The number of rotatable bonds is 1. The third-order valence-corrected chi connectivity index (χ3v) is 2.04. The second kappa shape index (κ2) is 3.14. The van der Waals surface area contributed by atoms with Crippen LogP contribution in [-0.4, -0.2) is 11.1 Å². The highest BCUT2D eigenvalue weighted by atomic mass is 19.1. The van der Waals surface area contributed by atoms with Gasteiger partial charge >= 0.3 is 5.97 Å². The van der Waals surface area contributed by atoms with Crippen molar-refractivity contribution >= 4 is 5.97 Å². The van der Waals surface area contributed by atoms with E-state index < -0.39 is 17.7 Å². The normalized spacial score (nSPS) is 20.5. The van der Waals surface area contributed by atoms with Crippen LogP contribution in [0.15, 0.2) is 36.3 Å². The van der Waals surface area contributed by atoms with Crippen LogP contribution in [0.3, 0.4) is 0 Å². The summed E-state index contributed by atoms with van der Waals surface area (Å²) in [6.07, 6.45) is 0.930. The first kappa shape index (κ1) is 8.74. The Hall–Kier alpha value is -1.84. The average molecular weight is 194 g/mol. The number of aliphatic hydroxyl groups is 1. The minimum Gasteiger partial charge on any atom is -0.508 e. The Balaban J connectivity index is 2.45. The topological polar surface area (TPSA) is 46.5 Å². The molecule has 2 rings (SSSR count). The van der Waals surface area contributed by atoms with Crippen LogP contribution in [0.2, 0.25) is 0 Å². The smallest absolute Gasteiger partial charge is 0.326 e. The molecule has 0 amide bonds. The fourth-order valence-electron chi connectivity index (χ4n) is 1.37. The number of esters is 1. The van der Waals surface area contributed by atoms with E-state index in [-0.39, 0.29) is 11.3 Å². The summed E-state index contributed by atoms with van der Waals surface area (Å²) in [5, 5.41) is 9.29. The molecule has 14 heavy (non-hydrogen) atoms. The first-order chi connectivity index (χ1) is 6.70. The van der Waals surface area contributed by atoms with E-state index in [0.29, 0.717) is 0 Å². The first-order valence-electron chi connectivity index (χ1n) is 4.04. The van der Waals surface area contributed by atoms with Crippen LogP contribution >= 0.6 is 0 Å². The van der Waals surface area contributed by atoms with Gasteiger partial charge < -0.3 is 9.84 Å². The molecule has 0 spiro atoms. The molecule has 1 aliphatic heterocycles. The van der Waals surface area contributed by atoms with Gasteiger partial charge in [0.25, 0.3) is 0 Å². The van der Waals surface area contributed by atoms with E-state index in [1.54, 1.807) is 6.07 Å². The number of cyclic esters (lactones) is 1. The molecular weight excluding hydrogens is 187 g/mol. The summed E-state index contributed by atoms with van der Waals surface area (Å²) < 4.78 is 17.7. The number of hydrogen-bond acceptors (Lipinski definition) is 3. The molecule has 3 nitrogen and oxygen atoms in total. The average Bonchev–Trinajstić information content (AvgIpc) is 2.48. The van der Waals surface area contributed by atoms with Crippen LogP contribution in [0, 0.1) is 5.82 Å². The number of hydrogen-bond donors (Lipinski definition) is 1. The van der Waals surface area contributed by atoms with Gasteiger partial charge in [0, 0.05) is 5.56 Å². The molecule has 1 atom stereocenters. The van der Waals surface area contributed by atoms with Crippen molar-refractivity contribution in [3.63, 3.8) is 0 Å². The van der Waals surface area contributed by atoms with Gasteiger partial charge in [-0.25, -0.2) is 4.39 Å². The molecule has 1 aliphatic rings. The molecular formula is C10H7FO3. The quantitative estimate of drug-likeness (QED) is 0.694. The summed E-state index contributed by atoms with van der Waals surface area (Å²) in [5.74, 6) is -2.47. The summed E-state index contributed by atoms with van der Waals surface area (Å²) in [6, 6.07) is 5.78. The lowest BCUT2D eigenvalue weighted by molar-refractivity contribution is -0.137. The Labute approximate surface area is 79.4 Å². The lowest BCUT2D eigenvalue weighted by Gasteiger charge is -2.07. The lowest BCUT2D eigenvalue weighted by atomic mass is 9.98. The van der Waals surface area contributed by atoms with Gasteiger partial charge in [-0.1, -0.05) is 18.2 Å². The van der Waals surface area contributed by atoms with Gasteiger partial charge in [-0.2, -0.15) is 0 Å². The summed E-state index contributed by atoms with van der Waals surface area (Å²) in [7, 11) is 0. The van der Waals surface area contributed by atoms with Gasteiger partial charge in [0.1, 0.15) is 23.8 Å². The molecule has 1 aromatic carbocycles. The summed E-state index contributed by atoms with van der Waals surface area (Å²) in [5.41, 5.74) is 0.128. The number of halogens is 1. The summed E-state index contributed by atoms with van der Waals surface area (Å²) in [4.78, 5) is 11.1. The van der Waals surface area contributed by atoms with Crippen molar-refractivity contribution in [2.75, 3.05) is 0 Å². The molecule has 0 fully saturated rings. The SMILES string of the molecule is O=C1OC=C(O)C1c1ccccc1F. The number of aliphatic hydroxyl groups excluding tert-OH is 1. The molecule has 4 heteroatoms. The van der Waals surface area contributed by atoms with Crippen molar-refractivity contribution < 1.29 is 19.0 Å². The molecule has 1 unspecified atom stereocenters. The second-order valence-electron chi connectivity index (χ2n) is 2.93. The maximum Gasteiger partial charge on any atom is 0.326 e. The molecule has 1 N–H and O–H groups in total. The Kier molecular flexibility index (Phi) is 1.96. The predicted molar refractivity (Wildman–Crippen MR) is 45.9 cm³/mol. The fourth-order valence-corrected chi connectivity index (χ4v) is 1.37. The van der Waals surface area contributed by atoms with Crippen molar-refractivity contribution in [1.82, 2.24) is 0 Å². The highest BCUT2D eigenvalue weighted by molar-refractivity contribution is 5.84. The molecule has 0 saturated carbocycles. The first-order valence-corrected chi connectivity index (χ1v) is 4.04. The Bertz CT molecular complexity index is 412. The Morgan fingerprint density at radius 3 is 2.64 bits per heavy atom. The molecule has 0 aliphatic carbocycles. The minimum atomic E-state index is -1.02. The van der Waals surface area contributed by atoms with E-state index in [1.165, 1.54) is 18.2 Å². The third-order valence-electron chi connectivity index (χ3n) is 2.04. The Morgan fingerprint density at radius 1 is 1.36 bits per heavy atom. The molecule has 1 aromatic rings. The van der Waals surface area contributed by atoms with Crippen molar-refractivity contribution in [2.24, 2.45) is 0 Å². The van der Waals surface area contributed by atoms with E-state index in [2.05, 4.69) is 4.74 Å². The van der Waals surface area contributed by atoms with Crippen molar-refractivity contribution in [1.29, 1.82) is 0 Å². The maximum atomic E-state index is 13.2. The van der Waals surface area contributed by atoms with E-state index in [0.717, 1.165) is 6.26 Å². The highest BCUT2D eigenvalue weighted by Gasteiger charge is 2.33. The van der Waals surface area contributed by atoms with Gasteiger partial charge in [0.15, 0.2) is 0 Å². The Morgan fingerprint density at radius 2 is 2.07 bits per heavy atom. The zero-order valence-electron chi connectivity index (χ0n) is 7.11. The van der Waals surface area contributed by atoms with E-state index in [9.17, 15) is 14.3 Å². The van der Waals surface area contributed by atoms with Crippen LogP contribution in [0.25, 0.3) is 0 Å². The highest BCUT2D eigenvalue weighted by Crippen LogP contribution is 2.30. The van der Waals surface area contributed by atoms with Gasteiger partial charge in [-0.05, 0) is 6.07 Å². The van der Waals surface area contributed by atoms with Gasteiger partial charge in [0.05, 0.1) is 0 Å². The molecule has 0 aromatic heterocycles. The summed E-state index contributed by atoms with van der Waals surface area (Å²) >= 11 is 0.